The van der Waals surface area contributed by atoms with Crippen molar-refractivity contribution in [2.24, 2.45) is 5.73 Å². The Kier molecular flexibility index (Phi) is 3.48. The van der Waals surface area contributed by atoms with Gasteiger partial charge in [0.05, 0.1) is 6.10 Å². The molecular formula is C10H13ClFNO. The van der Waals surface area contributed by atoms with Gasteiger partial charge in [0.2, 0.25) is 0 Å². The van der Waals surface area contributed by atoms with Gasteiger partial charge in [0, 0.05) is 16.6 Å². The molecule has 4 heteroatoms. The lowest BCUT2D eigenvalue weighted by molar-refractivity contribution is 0.148. The number of hydrogen-bond donors (Lipinski definition) is 2. The fourth-order valence-electron chi connectivity index (χ4n) is 1.29. The van der Waals surface area contributed by atoms with Gasteiger partial charge in [0.25, 0.3) is 0 Å². The molecule has 0 saturated heterocycles. The van der Waals surface area contributed by atoms with E-state index in [-0.39, 0.29) is 5.56 Å². The largest absolute Gasteiger partial charge is 0.387 e. The zero-order valence-corrected chi connectivity index (χ0v) is 8.85. The molecule has 78 valence electrons. The summed E-state index contributed by atoms with van der Waals surface area (Å²) in [7, 11) is 0. The molecule has 0 fully saturated rings. The van der Waals surface area contributed by atoms with E-state index in [2.05, 4.69) is 0 Å². The molecule has 0 aliphatic rings. The molecule has 2 nitrogen and oxygen atoms in total. The average Bonchev–Trinajstić information content (AvgIpc) is 2.12. The van der Waals surface area contributed by atoms with E-state index in [1.54, 1.807) is 13.8 Å². The molecule has 1 aromatic rings. The Labute approximate surface area is 87.5 Å². The Balaban J connectivity index is 3.25. The Morgan fingerprint density at radius 1 is 1.50 bits per heavy atom. The van der Waals surface area contributed by atoms with E-state index in [0.717, 1.165) is 0 Å². The van der Waals surface area contributed by atoms with Crippen molar-refractivity contribution < 1.29 is 9.50 Å². The third-order valence-electron chi connectivity index (χ3n) is 2.19. The second-order valence-electron chi connectivity index (χ2n) is 3.37. The van der Waals surface area contributed by atoms with E-state index in [4.69, 9.17) is 17.3 Å². The quantitative estimate of drug-likeness (QED) is 0.798. The zero-order chi connectivity index (χ0) is 10.9. The Bertz CT molecular complexity index is 341. The lowest BCUT2D eigenvalue weighted by Gasteiger charge is -2.18. The molecule has 0 aromatic heterocycles. The number of nitrogens with two attached hydrogens (primary N) is 1. The monoisotopic (exact) mass is 217 g/mol. The summed E-state index contributed by atoms with van der Waals surface area (Å²) in [6.45, 7) is 3.27. The van der Waals surface area contributed by atoms with Crippen LogP contribution in [0.1, 0.15) is 24.2 Å². The fourth-order valence-corrected chi connectivity index (χ4v) is 1.46. The highest BCUT2D eigenvalue weighted by molar-refractivity contribution is 6.31. The maximum Gasteiger partial charge on any atom is 0.129 e. The predicted octanol–water partition coefficient (Wildman–Crippen LogP) is 2.17. The summed E-state index contributed by atoms with van der Waals surface area (Å²) in [6, 6.07) is 2.17. The van der Waals surface area contributed by atoms with Crippen molar-refractivity contribution in [2.45, 2.75) is 26.0 Å². The first-order valence-electron chi connectivity index (χ1n) is 4.33. The van der Waals surface area contributed by atoms with E-state index in [1.165, 1.54) is 12.1 Å². The predicted molar refractivity (Wildman–Crippen MR) is 54.8 cm³/mol. The molecule has 0 radical (unpaired) electrons. The minimum Gasteiger partial charge on any atom is -0.387 e. The van der Waals surface area contributed by atoms with Gasteiger partial charge in [-0.1, -0.05) is 11.6 Å². The Morgan fingerprint density at radius 2 is 2.07 bits per heavy atom. The van der Waals surface area contributed by atoms with Gasteiger partial charge in [-0.3, -0.25) is 0 Å². The van der Waals surface area contributed by atoms with Crippen LogP contribution in [0.25, 0.3) is 0 Å². The van der Waals surface area contributed by atoms with Gasteiger partial charge in [-0.25, -0.2) is 4.39 Å². The van der Waals surface area contributed by atoms with Crippen LogP contribution in [0.3, 0.4) is 0 Å². The second-order valence-corrected chi connectivity index (χ2v) is 3.78. The summed E-state index contributed by atoms with van der Waals surface area (Å²) < 4.78 is 13.4. The van der Waals surface area contributed by atoms with E-state index in [9.17, 15) is 9.50 Å². The fraction of sp³-hybridized carbons (Fsp3) is 0.400. The third kappa shape index (κ3) is 2.05. The Morgan fingerprint density at radius 3 is 2.57 bits per heavy atom. The SMILES string of the molecule is Cc1c(Cl)ccc(F)c1C(O)C(C)N. The highest BCUT2D eigenvalue weighted by atomic mass is 35.5. The van der Waals surface area contributed by atoms with Crippen molar-refractivity contribution in [3.05, 3.63) is 34.1 Å². The first-order valence-corrected chi connectivity index (χ1v) is 4.71. The smallest absolute Gasteiger partial charge is 0.129 e. The molecule has 14 heavy (non-hydrogen) atoms. The van der Waals surface area contributed by atoms with Crippen LogP contribution in [0, 0.1) is 12.7 Å². The zero-order valence-electron chi connectivity index (χ0n) is 8.09. The maximum atomic E-state index is 13.4. The van der Waals surface area contributed by atoms with Crippen molar-refractivity contribution in [3.8, 4) is 0 Å². The van der Waals surface area contributed by atoms with Crippen LogP contribution in [0.15, 0.2) is 12.1 Å². The maximum absolute atomic E-state index is 13.4. The number of rotatable bonds is 2. The number of aliphatic hydroxyl groups is 1. The van der Waals surface area contributed by atoms with Crippen LogP contribution in [-0.2, 0) is 0 Å². The van der Waals surface area contributed by atoms with Crippen molar-refractivity contribution in [1.82, 2.24) is 0 Å². The second kappa shape index (κ2) is 4.26. The van der Waals surface area contributed by atoms with Crippen molar-refractivity contribution >= 4 is 11.6 Å². The summed E-state index contributed by atoms with van der Waals surface area (Å²) in [5.41, 5.74) is 6.22. The van der Waals surface area contributed by atoms with Crippen molar-refractivity contribution in [2.75, 3.05) is 0 Å². The van der Waals surface area contributed by atoms with Crippen molar-refractivity contribution in [3.63, 3.8) is 0 Å². The van der Waals surface area contributed by atoms with E-state index in [1.807, 2.05) is 0 Å². The number of aliphatic hydroxyl groups excluding tert-OH is 1. The molecule has 3 N–H and O–H groups in total. The van der Waals surface area contributed by atoms with Gasteiger partial charge in [-0.15, -0.1) is 0 Å². The summed E-state index contributed by atoms with van der Waals surface area (Å²) in [5.74, 6) is -0.475. The van der Waals surface area contributed by atoms with Crippen molar-refractivity contribution in [1.29, 1.82) is 0 Å². The van der Waals surface area contributed by atoms with E-state index < -0.39 is 18.0 Å². The van der Waals surface area contributed by atoms with E-state index in [0.29, 0.717) is 10.6 Å². The molecule has 0 spiro atoms. The normalized spacial score (nSPS) is 15.3. The summed E-state index contributed by atoms with van der Waals surface area (Å²) in [6.07, 6.45) is -1.02. The minimum absolute atomic E-state index is 0.188. The minimum atomic E-state index is -1.02. The summed E-state index contributed by atoms with van der Waals surface area (Å²) in [5, 5.41) is 10.1. The van der Waals surface area contributed by atoms with Crippen LogP contribution in [0.2, 0.25) is 5.02 Å². The number of halogens is 2. The Hall–Kier alpha value is -0.640. The van der Waals surface area contributed by atoms with Crippen LogP contribution < -0.4 is 5.73 Å². The molecule has 0 amide bonds. The molecule has 1 rings (SSSR count). The first-order chi connectivity index (χ1) is 6.45. The third-order valence-corrected chi connectivity index (χ3v) is 2.60. The highest BCUT2D eigenvalue weighted by Crippen LogP contribution is 2.28. The van der Waals surface area contributed by atoms with Gasteiger partial charge < -0.3 is 10.8 Å². The molecule has 0 bridgehead atoms. The van der Waals surface area contributed by atoms with Gasteiger partial charge in [-0.2, -0.15) is 0 Å². The van der Waals surface area contributed by atoms with Crippen LogP contribution in [0.4, 0.5) is 4.39 Å². The van der Waals surface area contributed by atoms with Crippen LogP contribution in [-0.4, -0.2) is 11.1 Å². The molecular weight excluding hydrogens is 205 g/mol. The lowest BCUT2D eigenvalue weighted by Crippen LogP contribution is -2.25. The molecule has 0 heterocycles. The number of hydrogen-bond acceptors (Lipinski definition) is 2. The molecule has 2 unspecified atom stereocenters. The molecule has 0 aliphatic heterocycles. The van der Waals surface area contributed by atoms with Gasteiger partial charge in [0.15, 0.2) is 0 Å². The summed E-state index contributed by atoms with van der Waals surface area (Å²) in [4.78, 5) is 0. The standard InChI is InChI=1S/C10H13ClFNO/c1-5-7(11)3-4-8(12)9(5)10(14)6(2)13/h3-4,6,10,14H,13H2,1-2H3. The average molecular weight is 218 g/mol. The van der Waals surface area contributed by atoms with Crippen LogP contribution >= 0.6 is 11.6 Å². The molecule has 2 atom stereocenters. The van der Waals surface area contributed by atoms with E-state index >= 15 is 0 Å². The summed E-state index contributed by atoms with van der Waals surface area (Å²) >= 11 is 5.82. The lowest BCUT2D eigenvalue weighted by atomic mass is 9.98. The number of benzene rings is 1. The topological polar surface area (TPSA) is 46.2 Å². The molecule has 0 aliphatic carbocycles. The molecule has 0 saturated carbocycles. The van der Waals surface area contributed by atoms with Gasteiger partial charge in [-0.05, 0) is 31.5 Å². The van der Waals surface area contributed by atoms with Gasteiger partial charge in [0.1, 0.15) is 5.82 Å². The van der Waals surface area contributed by atoms with Gasteiger partial charge >= 0.3 is 0 Å². The van der Waals surface area contributed by atoms with Crippen LogP contribution in [0.5, 0.6) is 0 Å². The first kappa shape index (κ1) is 11.4. The molecule has 1 aromatic carbocycles. The highest BCUT2D eigenvalue weighted by Gasteiger charge is 2.20.